The summed E-state index contributed by atoms with van der Waals surface area (Å²) >= 11 is 0. The van der Waals surface area contributed by atoms with Crippen LogP contribution >= 0.6 is 12.4 Å². The molecule has 0 saturated carbocycles. The summed E-state index contributed by atoms with van der Waals surface area (Å²) in [6.45, 7) is 2.49. The van der Waals surface area contributed by atoms with Gasteiger partial charge in [-0.1, -0.05) is 0 Å². The molecule has 0 saturated heterocycles. The monoisotopic (exact) mass is 215 g/mol. The Bertz CT molecular complexity index is 304. The Morgan fingerprint density at radius 2 is 2.29 bits per heavy atom. The average molecular weight is 216 g/mol. The van der Waals surface area contributed by atoms with Crippen molar-refractivity contribution in [2.24, 2.45) is 0 Å². The third-order valence-electron chi connectivity index (χ3n) is 2.12. The molecule has 1 heterocycles. The van der Waals surface area contributed by atoms with Crippen molar-refractivity contribution in [1.29, 1.82) is 0 Å². The number of nitrogens with one attached hydrogen (secondary N) is 1. The van der Waals surface area contributed by atoms with E-state index in [-0.39, 0.29) is 12.4 Å². The third kappa shape index (κ3) is 2.30. The fourth-order valence-electron chi connectivity index (χ4n) is 1.42. The van der Waals surface area contributed by atoms with Gasteiger partial charge in [0.05, 0.1) is 7.11 Å². The topological polar surface area (TPSA) is 30.5 Å². The minimum Gasteiger partial charge on any atom is -0.497 e. The molecule has 14 heavy (non-hydrogen) atoms. The molecule has 0 atom stereocenters. The zero-order chi connectivity index (χ0) is 9.10. The van der Waals surface area contributed by atoms with Crippen molar-refractivity contribution < 1.29 is 9.47 Å². The quantitative estimate of drug-likeness (QED) is 0.772. The summed E-state index contributed by atoms with van der Waals surface area (Å²) in [5.41, 5.74) is 1.16. The predicted octanol–water partition coefficient (Wildman–Crippen LogP) is 1.60. The maximum absolute atomic E-state index is 5.53. The van der Waals surface area contributed by atoms with Crippen LogP contribution in [0.3, 0.4) is 0 Å². The number of halogens is 1. The zero-order valence-corrected chi connectivity index (χ0v) is 8.89. The molecule has 1 aromatic rings. The van der Waals surface area contributed by atoms with Gasteiger partial charge in [-0.3, -0.25) is 0 Å². The van der Waals surface area contributed by atoms with Gasteiger partial charge in [0.25, 0.3) is 0 Å². The van der Waals surface area contributed by atoms with Crippen LogP contribution in [-0.2, 0) is 6.54 Å². The maximum Gasteiger partial charge on any atom is 0.124 e. The van der Waals surface area contributed by atoms with Crippen molar-refractivity contribution in [2.75, 3.05) is 20.3 Å². The molecule has 4 heteroatoms. The van der Waals surface area contributed by atoms with Gasteiger partial charge >= 0.3 is 0 Å². The fraction of sp³-hybridized carbons (Fsp3) is 0.400. The fourth-order valence-corrected chi connectivity index (χ4v) is 1.42. The molecular formula is C10H14ClNO2. The molecule has 0 bridgehead atoms. The summed E-state index contributed by atoms with van der Waals surface area (Å²) in [4.78, 5) is 0. The number of benzene rings is 1. The van der Waals surface area contributed by atoms with E-state index in [1.54, 1.807) is 7.11 Å². The molecule has 78 valence electrons. The van der Waals surface area contributed by atoms with E-state index in [1.165, 1.54) is 0 Å². The van der Waals surface area contributed by atoms with E-state index in [4.69, 9.17) is 9.47 Å². The number of hydrogen-bond acceptors (Lipinski definition) is 3. The molecule has 0 unspecified atom stereocenters. The first-order valence-electron chi connectivity index (χ1n) is 4.40. The van der Waals surface area contributed by atoms with E-state index in [9.17, 15) is 0 Å². The highest BCUT2D eigenvalue weighted by atomic mass is 35.5. The van der Waals surface area contributed by atoms with Crippen LogP contribution in [0.1, 0.15) is 5.56 Å². The average Bonchev–Trinajstić information content (AvgIpc) is 2.41. The Balaban J connectivity index is 0.000000980. The molecule has 1 aliphatic heterocycles. The smallest absolute Gasteiger partial charge is 0.124 e. The molecule has 0 radical (unpaired) electrons. The lowest BCUT2D eigenvalue weighted by atomic mass is 10.2. The first kappa shape index (κ1) is 11.1. The maximum atomic E-state index is 5.53. The molecule has 1 aromatic carbocycles. The molecule has 0 amide bonds. The van der Waals surface area contributed by atoms with E-state index < -0.39 is 0 Å². The second-order valence-corrected chi connectivity index (χ2v) is 3.00. The van der Waals surface area contributed by atoms with E-state index >= 15 is 0 Å². The first-order chi connectivity index (χ1) is 6.40. The van der Waals surface area contributed by atoms with E-state index in [0.29, 0.717) is 0 Å². The zero-order valence-electron chi connectivity index (χ0n) is 8.08. The Kier molecular flexibility index (Phi) is 4.04. The lowest BCUT2D eigenvalue weighted by molar-refractivity contribution is 0.325. The Hall–Kier alpha value is -0.930. The number of ether oxygens (including phenoxy) is 2. The Morgan fingerprint density at radius 3 is 3.07 bits per heavy atom. The van der Waals surface area contributed by atoms with Crippen molar-refractivity contribution >= 4 is 12.4 Å². The van der Waals surface area contributed by atoms with Crippen LogP contribution in [0, 0.1) is 0 Å². The lowest BCUT2D eigenvalue weighted by Gasteiger charge is -2.07. The summed E-state index contributed by atoms with van der Waals surface area (Å²) in [6, 6.07) is 5.89. The molecule has 0 fully saturated rings. The molecule has 1 aliphatic rings. The highest BCUT2D eigenvalue weighted by Gasteiger charge is 2.08. The molecule has 0 aromatic heterocycles. The van der Waals surface area contributed by atoms with Crippen LogP contribution in [0.5, 0.6) is 11.5 Å². The molecule has 2 rings (SSSR count). The van der Waals surface area contributed by atoms with Gasteiger partial charge in [0.2, 0.25) is 0 Å². The molecule has 1 N–H and O–H groups in total. The largest absolute Gasteiger partial charge is 0.497 e. The van der Waals surface area contributed by atoms with Crippen LogP contribution in [0.25, 0.3) is 0 Å². The normalized spacial score (nSPS) is 14.4. The van der Waals surface area contributed by atoms with Crippen molar-refractivity contribution in [1.82, 2.24) is 5.32 Å². The summed E-state index contributed by atoms with van der Waals surface area (Å²) in [5, 5.41) is 3.27. The van der Waals surface area contributed by atoms with E-state index in [0.717, 1.165) is 36.8 Å². The number of fused-ring (bicyclic) bond motifs is 1. The second kappa shape index (κ2) is 5.08. The summed E-state index contributed by atoms with van der Waals surface area (Å²) in [7, 11) is 1.67. The summed E-state index contributed by atoms with van der Waals surface area (Å²) < 4.78 is 10.7. The van der Waals surface area contributed by atoms with Crippen LogP contribution in [0.4, 0.5) is 0 Å². The van der Waals surface area contributed by atoms with Gasteiger partial charge in [0.1, 0.15) is 18.1 Å². The van der Waals surface area contributed by atoms with Gasteiger partial charge in [0.15, 0.2) is 0 Å². The molecule has 3 nitrogen and oxygen atoms in total. The Labute approximate surface area is 89.8 Å². The number of hydrogen-bond donors (Lipinski definition) is 1. The highest BCUT2D eigenvalue weighted by molar-refractivity contribution is 5.85. The summed E-state index contributed by atoms with van der Waals surface area (Å²) in [6.07, 6.45) is 0. The van der Waals surface area contributed by atoms with E-state index in [1.807, 2.05) is 18.2 Å². The first-order valence-corrected chi connectivity index (χ1v) is 4.40. The van der Waals surface area contributed by atoms with Gasteiger partial charge in [-0.2, -0.15) is 0 Å². The number of rotatable bonds is 1. The van der Waals surface area contributed by atoms with Crippen molar-refractivity contribution in [3.8, 4) is 11.5 Å². The minimum atomic E-state index is 0. The van der Waals surface area contributed by atoms with Gasteiger partial charge < -0.3 is 14.8 Å². The van der Waals surface area contributed by atoms with Crippen LogP contribution in [0.15, 0.2) is 18.2 Å². The van der Waals surface area contributed by atoms with Crippen LogP contribution < -0.4 is 14.8 Å². The second-order valence-electron chi connectivity index (χ2n) is 3.00. The van der Waals surface area contributed by atoms with Crippen molar-refractivity contribution in [3.63, 3.8) is 0 Å². The SMILES string of the molecule is COc1ccc2c(c1)CNCCO2.Cl. The van der Waals surface area contributed by atoms with E-state index in [2.05, 4.69) is 5.32 Å². The van der Waals surface area contributed by atoms with Crippen LogP contribution in [-0.4, -0.2) is 20.3 Å². The van der Waals surface area contributed by atoms with Crippen molar-refractivity contribution in [3.05, 3.63) is 23.8 Å². The molecular weight excluding hydrogens is 202 g/mol. The number of methoxy groups -OCH3 is 1. The Morgan fingerprint density at radius 1 is 1.43 bits per heavy atom. The van der Waals surface area contributed by atoms with Gasteiger partial charge in [-0.15, -0.1) is 12.4 Å². The minimum absolute atomic E-state index is 0. The summed E-state index contributed by atoms with van der Waals surface area (Å²) in [5.74, 6) is 1.84. The molecule has 0 aliphatic carbocycles. The van der Waals surface area contributed by atoms with Crippen molar-refractivity contribution in [2.45, 2.75) is 6.54 Å². The molecule has 0 spiro atoms. The predicted molar refractivity (Wildman–Crippen MR) is 57.4 cm³/mol. The third-order valence-corrected chi connectivity index (χ3v) is 2.12. The lowest BCUT2D eigenvalue weighted by Crippen LogP contribution is -2.16. The standard InChI is InChI=1S/C10H13NO2.ClH/c1-12-9-2-3-10-8(6-9)7-11-4-5-13-10;/h2-3,6,11H,4-5,7H2,1H3;1H. The highest BCUT2D eigenvalue weighted by Crippen LogP contribution is 2.24. The van der Waals surface area contributed by atoms with Gasteiger partial charge in [0, 0.05) is 18.7 Å². The van der Waals surface area contributed by atoms with Crippen LogP contribution in [0.2, 0.25) is 0 Å². The van der Waals surface area contributed by atoms with Gasteiger partial charge in [-0.05, 0) is 18.2 Å². The van der Waals surface area contributed by atoms with Gasteiger partial charge in [-0.25, -0.2) is 0 Å².